The molecule has 156 valence electrons. The second-order valence-corrected chi connectivity index (χ2v) is 9.88. The van der Waals surface area contributed by atoms with Crippen molar-refractivity contribution in [1.29, 1.82) is 5.26 Å². The van der Waals surface area contributed by atoms with Crippen LogP contribution in [0.1, 0.15) is 48.8 Å². The number of benzene rings is 1. The van der Waals surface area contributed by atoms with Crippen LogP contribution in [0.2, 0.25) is 5.02 Å². The molecule has 0 unspecified atom stereocenters. The minimum Gasteiger partial charge on any atom is -0.493 e. The summed E-state index contributed by atoms with van der Waals surface area (Å²) in [6.07, 6.45) is 10.0. The summed E-state index contributed by atoms with van der Waals surface area (Å²) in [5.41, 5.74) is 2.89. The summed E-state index contributed by atoms with van der Waals surface area (Å²) < 4.78 is 10.9. The molecule has 1 aromatic heterocycles. The molecule has 2 aromatic rings. The van der Waals surface area contributed by atoms with Gasteiger partial charge in [-0.1, -0.05) is 38.3 Å². The smallest absolute Gasteiger partial charge is 0.181 e. The van der Waals surface area contributed by atoms with E-state index in [4.69, 9.17) is 27.5 Å². The number of fused-ring (bicyclic) bond motifs is 1. The molecule has 0 amide bonds. The van der Waals surface area contributed by atoms with Crippen molar-refractivity contribution < 1.29 is 9.47 Å². The molecule has 4 nitrogen and oxygen atoms in total. The van der Waals surface area contributed by atoms with Crippen LogP contribution in [0.4, 0.5) is 5.00 Å². The van der Waals surface area contributed by atoms with Crippen molar-refractivity contribution >= 4 is 34.2 Å². The highest BCUT2D eigenvalue weighted by atomic mass is 35.5. The molecule has 0 bridgehead atoms. The zero-order valence-corrected chi connectivity index (χ0v) is 19.3. The molecule has 6 heteroatoms. The minimum atomic E-state index is 0.103. The van der Waals surface area contributed by atoms with E-state index < -0.39 is 0 Å². The predicted molar refractivity (Wildman–Crippen MR) is 124 cm³/mol. The normalized spacial score (nSPS) is 16.0. The van der Waals surface area contributed by atoms with E-state index >= 15 is 0 Å². The largest absolute Gasteiger partial charge is 0.493 e. The number of hydrogen-bond acceptors (Lipinski definition) is 5. The van der Waals surface area contributed by atoms with E-state index in [0.29, 0.717) is 28.0 Å². The van der Waals surface area contributed by atoms with Crippen LogP contribution in [0.5, 0.6) is 11.5 Å². The van der Waals surface area contributed by atoms with Gasteiger partial charge >= 0.3 is 0 Å². The fraction of sp³-hybridized carbons (Fsp3) is 0.417. The van der Waals surface area contributed by atoms with E-state index in [0.717, 1.165) is 29.8 Å². The summed E-state index contributed by atoms with van der Waals surface area (Å²) in [5, 5.41) is 10.9. The molecule has 1 aromatic carbocycles. The van der Waals surface area contributed by atoms with Gasteiger partial charge < -0.3 is 9.47 Å². The Balaban J connectivity index is 1.90. The molecular weight excluding hydrogens is 416 g/mol. The Morgan fingerprint density at radius 2 is 2.17 bits per heavy atom. The number of methoxy groups -OCH3 is 1. The van der Waals surface area contributed by atoms with Crippen molar-refractivity contribution in [2.75, 3.05) is 13.7 Å². The van der Waals surface area contributed by atoms with E-state index in [2.05, 4.69) is 37.8 Å². The van der Waals surface area contributed by atoms with Gasteiger partial charge in [0, 0.05) is 11.1 Å². The summed E-state index contributed by atoms with van der Waals surface area (Å²) in [6, 6.07) is 5.90. The first kappa shape index (κ1) is 22.2. The van der Waals surface area contributed by atoms with E-state index in [1.54, 1.807) is 36.8 Å². The number of nitriles is 1. The number of aliphatic imine (C=N–C) groups is 1. The van der Waals surface area contributed by atoms with Crippen LogP contribution in [0.25, 0.3) is 0 Å². The van der Waals surface area contributed by atoms with Crippen LogP contribution in [-0.2, 0) is 12.8 Å². The zero-order valence-electron chi connectivity index (χ0n) is 17.7. The summed E-state index contributed by atoms with van der Waals surface area (Å²) >= 11 is 7.97. The molecule has 3 rings (SSSR count). The summed E-state index contributed by atoms with van der Waals surface area (Å²) in [4.78, 5) is 5.92. The van der Waals surface area contributed by atoms with Crippen molar-refractivity contribution in [3.05, 3.63) is 38.7 Å². The highest BCUT2D eigenvalue weighted by Gasteiger charge is 2.32. The van der Waals surface area contributed by atoms with Crippen LogP contribution in [0.15, 0.2) is 17.1 Å². The van der Waals surface area contributed by atoms with Gasteiger partial charge in [0.15, 0.2) is 11.5 Å². The highest BCUT2D eigenvalue weighted by molar-refractivity contribution is 7.16. The van der Waals surface area contributed by atoms with Crippen molar-refractivity contribution in [2.24, 2.45) is 16.3 Å². The van der Waals surface area contributed by atoms with Gasteiger partial charge in [0.05, 0.1) is 17.7 Å². The van der Waals surface area contributed by atoms with Gasteiger partial charge in [-0.25, -0.2) is 4.99 Å². The van der Waals surface area contributed by atoms with Gasteiger partial charge in [-0.05, 0) is 53.9 Å². The molecule has 0 fully saturated rings. The summed E-state index contributed by atoms with van der Waals surface area (Å²) in [5.74, 6) is 3.92. The SMILES string of the molecule is C#CCOc1c(Cl)cc(C=Nc2sc3c(c2C#N)CC[C@@H](C(C)(C)C)C3)cc1OC. The van der Waals surface area contributed by atoms with Gasteiger partial charge in [0.2, 0.25) is 0 Å². The van der Waals surface area contributed by atoms with E-state index in [-0.39, 0.29) is 12.0 Å². The van der Waals surface area contributed by atoms with Gasteiger partial charge in [-0.2, -0.15) is 5.26 Å². The molecule has 1 heterocycles. The lowest BCUT2D eigenvalue weighted by molar-refractivity contribution is 0.218. The third kappa shape index (κ3) is 4.64. The number of hydrogen-bond donors (Lipinski definition) is 0. The third-order valence-electron chi connectivity index (χ3n) is 5.47. The molecular formula is C24H25ClN2O2S. The lowest BCUT2D eigenvalue weighted by atomic mass is 9.72. The molecule has 0 saturated heterocycles. The van der Waals surface area contributed by atoms with Gasteiger partial charge in [0.1, 0.15) is 17.7 Å². The van der Waals surface area contributed by atoms with E-state index in [1.807, 2.05) is 0 Å². The van der Waals surface area contributed by atoms with Crippen molar-refractivity contribution in [3.63, 3.8) is 0 Å². The second kappa shape index (κ2) is 9.13. The van der Waals surface area contributed by atoms with Gasteiger partial charge in [-0.3, -0.25) is 0 Å². The van der Waals surface area contributed by atoms with E-state index in [1.165, 1.54) is 10.4 Å². The Kier molecular flexibility index (Phi) is 6.76. The first-order valence-electron chi connectivity index (χ1n) is 9.81. The molecule has 1 aliphatic carbocycles. The Morgan fingerprint density at radius 1 is 1.40 bits per heavy atom. The minimum absolute atomic E-state index is 0.103. The Morgan fingerprint density at radius 3 is 2.80 bits per heavy atom. The number of nitrogens with zero attached hydrogens (tertiary/aromatic N) is 2. The van der Waals surface area contributed by atoms with Crippen molar-refractivity contribution in [3.8, 4) is 29.9 Å². The molecule has 0 saturated carbocycles. The average molecular weight is 441 g/mol. The Hall–Kier alpha value is -2.47. The molecule has 1 aliphatic rings. The first-order valence-corrected chi connectivity index (χ1v) is 11.0. The monoisotopic (exact) mass is 440 g/mol. The van der Waals surface area contributed by atoms with Crippen LogP contribution < -0.4 is 9.47 Å². The number of ether oxygens (including phenoxy) is 2. The van der Waals surface area contributed by atoms with Crippen molar-refractivity contribution in [2.45, 2.75) is 40.0 Å². The summed E-state index contributed by atoms with van der Waals surface area (Å²) in [6.45, 7) is 6.96. The lowest BCUT2D eigenvalue weighted by Gasteiger charge is -2.33. The third-order valence-corrected chi connectivity index (χ3v) is 6.91. The Bertz CT molecular complexity index is 1050. The van der Waals surface area contributed by atoms with E-state index in [9.17, 15) is 5.26 Å². The standard InChI is InChI=1S/C24H25ClN2O2S/c1-6-9-29-22-19(25)10-15(11-20(22)28-5)14-27-23-18(13-26)17-8-7-16(24(2,3)4)12-21(17)30-23/h1,10-11,14,16H,7-9,12H2,2-5H3/t16-/m1/s1. The number of halogens is 1. The molecule has 0 spiro atoms. The fourth-order valence-electron chi connectivity index (χ4n) is 3.72. The molecule has 30 heavy (non-hydrogen) atoms. The topological polar surface area (TPSA) is 54.6 Å². The predicted octanol–water partition coefficient (Wildman–Crippen LogP) is 6.20. The number of rotatable bonds is 5. The quantitative estimate of drug-likeness (QED) is 0.411. The second-order valence-electron chi connectivity index (χ2n) is 8.39. The van der Waals surface area contributed by atoms with Crippen LogP contribution in [0, 0.1) is 35.0 Å². The molecule has 0 radical (unpaired) electrons. The summed E-state index contributed by atoms with van der Waals surface area (Å²) in [7, 11) is 1.54. The van der Waals surface area contributed by atoms with Crippen LogP contribution >= 0.6 is 22.9 Å². The molecule has 0 aliphatic heterocycles. The number of terminal acetylenes is 1. The highest BCUT2D eigenvalue weighted by Crippen LogP contribution is 2.45. The maximum absolute atomic E-state index is 9.74. The molecule has 0 N–H and O–H groups in total. The maximum atomic E-state index is 9.74. The van der Waals surface area contributed by atoms with Gasteiger partial charge in [0.25, 0.3) is 0 Å². The Labute approximate surface area is 187 Å². The maximum Gasteiger partial charge on any atom is 0.181 e. The lowest BCUT2D eigenvalue weighted by Crippen LogP contribution is -2.26. The fourth-order valence-corrected chi connectivity index (χ4v) is 5.21. The van der Waals surface area contributed by atoms with Gasteiger partial charge in [-0.15, -0.1) is 17.8 Å². The average Bonchev–Trinajstić information content (AvgIpc) is 3.07. The first-order chi connectivity index (χ1) is 14.3. The number of thiophene rings is 1. The zero-order chi connectivity index (χ0) is 21.9. The molecule has 1 atom stereocenters. The van der Waals surface area contributed by atoms with Crippen LogP contribution in [0.3, 0.4) is 0 Å². The van der Waals surface area contributed by atoms with Crippen LogP contribution in [-0.4, -0.2) is 19.9 Å². The van der Waals surface area contributed by atoms with Crippen molar-refractivity contribution in [1.82, 2.24) is 0 Å².